The molecule has 21 heavy (non-hydrogen) atoms. The van der Waals surface area contributed by atoms with Crippen molar-refractivity contribution in [3.05, 3.63) is 29.3 Å². The highest BCUT2D eigenvalue weighted by Gasteiger charge is 2.29. The maximum Gasteiger partial charge on any atom is 0.123 e. The number of ether oxygens (including phenoxy) is 1. The van der Waals surface area contributed by atoms with Gasteiger partial charge in [-0.05, 0) is 56.7 Å². The second-order valence-corrected chi connectivity index (χ2v) is 7.55. The SMILES string of the molecule is C[C@H](NCc1ccc2c(c1)CC(C)(C)O2)C1CCCCC1. The smallest absolute Gasteiger partial charge is 0.123 e. The summed E-state index contributed by atoms with van der Waals surface area (Å²) in [6.45, 7) is 7.66. The molecular weight excluding hydrogens is 258 g/mol. The molecule has 1 heterocycles. The van der Waals surface area contributed by atoms with E-state index in [0.29, 0.717) is 6.04 Å². The minimum absolute atomic E-state index is 0.0379. The third-order valence-electron chi connectivity index (χ3n) is 5.11. The molecule has 0 amide bonds. The fourth-order valence-corrected chi connectivity index (χ4v) is 3.85. The van der Waals surface area contributed by atoms with Crippen LogP contribution >= 0.6 is 0 Å². The van der Waals surface area contributed by atoms with Gasteiger partial charge < -0.3 is 10.1 Å². The highest BCUT2D eigenvalue weighted by atomic mass is 16.5. The van der Waals surface area contributed by atoms with E-state index in [1.165, 1.54) is 43.2 Å². The quantitative estimate of drug-likeness (QED) is 0.883. The Morgan fingerprint density at radius 1 is 1.24 bits per heavy atom. The fraction of sp³-hybridized carbons (Fsp3) is 0.684. The molecule has 3 rings (SSSR count). The van der Waals surface area contributed by atoms with Gasteiger partial charge in [-0.15, -0.1) is 0 Å². The van der Waals surface area contributed by atoms with Crippen molar-refractivity contribution in [3.63, 3.8) is 0 Å². The van der Waals surface area contributed by atoms with E-state index >= 15 is 0 Å². The van der Waals surface area contributed by atoms with E-state index < -0.39 is 0 Å². The van der Waals surface area contributed by atoms with Crippen LogP contribution in [0.5, 0.6) is 5.75 Å². The Balaban J connectivity index is 1.56. The number of hydrogen-bond acceptors (Lipinski definition) is 2. The molecule has 0 bridgehead atoms. The maximum absolute atomic E-state index is 5.95. The van der Waals surface area contributed by atoms with Crippen molar-refractivity contribution in [2.45, 2.75) is 77.5 Å². The van der Waals surface area contributed by atoms with Crippen molar-refractivity contribution >= 4 is 0 Å². The van der Waals surface area contributed by atoms with Crippen molar-refractivity contribution in [3.8, 4) is 5.75 Å². The minimum atomic E-state index is -0.0379. The van der Waals surface area contributed by atoms with Crippen LogP contribution in [0.15, 0.2) is 18.2 Å². The zero-order valence-corrected chi connectivity index (χ0v) is 13.7. The summed E-state index contributed by atoms with van der Waals surface area (Å²) < 4.78 is 5.95. The molecule has 1 atom stereocenters. The summed E-state index contributed by atoms with van der Waals surface area (Å²) in [5.41, 5.74) is 2.71. The molecule has 1 aliphatic heterocycles. The van der Waals surface area contributed by atoms with E-state index in [1.54, 1.807) is 0 Å². The summed E-state index contributed by atoms with van der Waals surface area (Å²) >= 11 is 0. The summed E-state index contributed by atoms with van der Waals surface area (Å²) in [7, 11) is 0. The van der Waals surface area contributed by atoms with Gasteiger partial charge in [0, 0.05) is 19.0 Å². The third kappa shape index (κ3) is 3.60. The number of hydrogen-bond donors (Lipinski definition) is 1. The zero-order valence-electron chi connectivity index (χ0n) is 13.7. The van der Waals surface area contributed by atoms with Crippen molar-refractivity contribution in [2.24, 2.45) is 5.92 Å². The van der Waals surface area contributed by atoms with Crippen LogP contribution in [0.4, 0.5) is 0 Å². The Morgan fingerprint density at radius 3 is 2.76 bits per heavy atom. The van der Waals surface area contributed by atoms with Gasteiger partial charge >= 0.3 is 0 Å². The second kappa shape index (κ2) is 6.00. The van der Waals surface area contributed by atoms with Crippen LogP contribution in [0.2, 0.25) is 0 Å². The van der Waals surface area contributed by atoms with Crippen molar-refractivity contribution in [1.82, 2.24) is 5.32 Å². The molecule has 0 spiro atoms. The molecule has 1 aromatic carbocycles. The van der Waals surface area contributed by atoms with E-state index in [2.05, 4.69) is 44.3 Å². The molecule has 1 fully saturated rings. The number of fused-ring (bicyclic) bond motifs is 1. The van der Waals surface area contributed by atoms with Crippen LogP contribution in [0.3, 0.4) is 0 Å². The van der Waals surface area contributed by atoms with Crippen molar-refractivity contribution < 1.29 is 4.74 Å². The predicted octanol–water partition coefficient (Wildman–Crippen LogP) is 4.46. The lowest BCUT2D eigenvalue weighted by Crippen LogP contribution is -2.34. The standard InChI is InChI=1S/C19H29NO/c1-14(16-7-5-4-6-8-16)20-13-15-9-10-18-17(11-15)12-19(2,3)21-18/h9-11,14,16,20H,4-8,12-13H2,1-3H3/t14-/m0/s1. The molecule has 116 valence electrons. The first-order valence-electron chi connectivity index (χ1n) is 8.58. The predicted molar refractivity (Wildman–Crippen MR) is 87.7 cm³/mol. The highest BCUT2D eigenvalue weighted by Crippen LogP contribution is 2.35. The summed E-state index contributed by atoms with van der Waals surface area (Å²) in [6.07, 6.45) is 8.10. The van der Waals surface area contributed by atoms with E-state index in [-0.39, 0.29) is 5.60 Å². The summed E-state index contributed by atoms with van der Waals surface area (Å²) in [5, 5.41) is 3.74. The lowest BCUT2D eigenvalue weighted by molar-refractivity contribution is 0.138. The van der Waals surface area contributed by atoms with Crippen LogP contribution in [0.1, 0.15) is 64.0 Å². The topological polar surface area (TPSA) is 21.3 Å². The van der Waals surface area contributed by atoms with Crippen molar-refractivity contribution in [2.75, 3.05) is 0 Å². The highest BCUT2D eigenvalue weighted by molar-refractivity contribution is 5.41. The Labute approximate surface area is 129 Å². The van der Waals surface area contributed by atoms with Crippen LogP contribution in [0, 0.1) is 5.92 Å². The molecule has 0 radical (unpaired) electrons. The van der Waals surface area contributed by atoms with Gasteiger partial charge in [0.25, 0.3) is 0 Å². The zero-order chi connectivity index (χ0) is 14.9. The first kappa shape index (κ1) is 14.9. The van der Waals surface area contributed by atoms with Gasteiger partial charge in [0.2, 0.25) is 0 Å². The molecule has 2 aliphatic rings. The average molecular weight is 287 g/mol. The van der Waals surface area contributed by atoms with E-state index in [9.17, 15) is 0 Å². The molecule has 2 heteroatoms. The third-order valence-corrected chi connectivity index (χ3v) is 5.11. The van der Waals surface area contributed by atoms with Gasteiger partial charge in [-0.1, -0.05) is 31.4 Å². The molecule has 0 saturated heterocycles. The first-order chi connectivity index (χ1) is 10.0. The lowest BCUT2D eigenvalue weighted by atomic mass is 9.84. The molecule has 1 saturated carbocycles. The number of rotatable bonds is 4. The fourth-order valence-electron chi connectivity index (χ4n) is 3.85. The minimum Gasteiger partial charge on any atom is -0.487 e. The normalized spacial score (nSPS) is 22.6. The second-order valence-electron chi connectivity index (χ2n) is 7.55. The summed E-state index contributed by atoms with van der Waals surface area (Å²) in [4.78, 5) is 0. The van der Waals surface area contributed by atoms with Crippen LogP contribution in [-0.4, -0.2) is 11.6 Å². The van der Waals surface area contributed by atoms with Gasteiger partial charge in [0.1, 0.15) is 11.4 Å². The van der Waals surface area contributed by atoms with Gasteiger partial charge in [0.05, 0.1) is 0 Å². The molecule has 1 aliphatic carbocycles. The molecule has 0 unspecified atom stereocenters. The van der Waals surface area contributed by atoms with E-state index in [4.69, 9.17) is 4.74 Å². The Hall–Kier alpha value is -1.02. The molecular formula is C19H29NO. The van der Waals surface area contributed by atoms with Crippen molar-refractivity contribution in [1.29, 1.82) is 0 Å². The summed E-state index contributed by atoms with van der Waals surface area (Å²) in [6, 6.07) is 7.31. The first-order valence-corrected chi connectivity index (χ1v) is 8.58. The number of nitrogens with one attached hydrogen (secondary N) is 1. The number of benzene rings is 1. The maximum atomic E-state index is 5.95. The van der Waals surface area contributed by atoms with E-state index in [0.717, 1.165) is 24.6 Å². The van der Waals surface area contributed by atoms with Gasteiger partial charge in [-0.2, -0.15) is 0 Å². The van der Waals surface area contributed by atoms with Gasteiger partial charge in [0.15, 0.2) is 0 Å². The van der Waals surface area contributed by atoms with Gasteiger partial charge in [-0.25, -0.2) is 0 Å². The Morgan fingerprint density at radius 2 is 2.00 bits per heavy atom. The van der Waals surface area contributed by atoms with Gasteiger partial charge in [-0.3, -0.25) is 0 Å². The summed E-state index contributed by atoms with van der Waals surface area (Å²) in [5.74, 6) is 1.94. The average Bonchev–Trinajstić information content (AvgIpc) is 2.78. The Kier molecular flexibility index (Phi) is 4.26. The van der Waals surface area contributed by atoms with Crippen LogP contribution < -0.4 is 10.1 Å². The lowest BCUT2D eigenvalue weighted by Gasteiger charge is -2.28. The Bertz CT molecular complexity index is 488. The molecule has 1 aromatic rings. The molecule has 2 nitrogen and oxygen atoms in total. The molecule has 0 aromatic heterocycles. The molecule has 1 N–H and O–H groups in total. The van der Waals surface area contributed by atoms with Crippen LogP contribution in [0.25, 0.3) is 0 Å². The largest absolute Gasteiger partial charge is 0.487 e. The monoisotopic (exact) mass is 287 g/mol. The van der Waals surface area contributed by atoms with E-state index in [1.807, 2.05) is 0 Å². The van der Waals surface area contributed by atoms with Crippen LogP contribution in [-0.2, 0) is 13.0 Å².